The lowest BCUT2D eigenvalue weighted by molar-refractivity contribution is -0.0498. The van der Waals surface area contributed by atoms with E-state index in [1.54, 1.807) is 4.90 Å². The van der Waals surface area contributed by atoms with Gasteiger partial charge in [-0.05, 0) is 43.7 Å². The van der Waals surface area contributed by atoms with Crippen molar-refractivity contribution in [2.45, 2.75) is 20.5 Å². The fourth-order valence-corrected chi connectivity index (χ4v) is 1.77. The van der Waals surface area contributed by atoms with E-state index in [1.807, 2.05) is 13.8 Å². The van der Waals surface area contributed by atoms with Gasteiger partial charge in [-0.2, -0.15) is 8.78 Å². The van der Waals surface area contributed by atoms with Crippen LogP contribution in [-0.2, 0) is 0 Å². The van der Waals surface area contributed by atoms with Crippen molar-refractivity contribution in [3.63, 3.8) is 0 Å². The maximum Gasteiger partial charge on any atom is 0.387 e. The van der Waals surface area contributed by atoms with E-state index in [0.29, 0.717) is 25.2 Å². The normalized spacial score (nSPS) is 12.3. The standard InChI is InChI=1S/C14H20F2N2O2/c1-3-18(9-10(2)8-17)13(19)11-4-6-12(7-5-11)20-14(15)16/h4-7,10,14H,3,8-9,17H2,1-2H3. The lowest BCUT2D eigenvalue weighted by Crippen LogP contribution is -2.36. The van der Waals surface area contributed by atoms with Gasteiger partial charge in [-0.15, -0.1) is 0 Å². The van der Waals surface area contributed by atoms with Gasteiger partial charge in [0.1, 0.15) is 5.75 Å². The largest absolute Gasteiger partial charge is 0.435 e. The van der Waals surface area contributed by atoms with Gasteiger partial charge in [0.25, 0.3) is 5.91 Å². The second-order valence-corrected chi connectivity index (χ2v) is 4.59. The highest BCUT2D eigenvalue weighted by atomic mass is 19.3. The number of amides is 1. The van der Waals surface area contributed by atoms with E-state index in [9.17, 15) is 13.6 Å². The van der Waals surface area contributed by atoms with Gasteiger partial charge >= 0.3 is 6.61 Å². The molecule has 0 aliphatic carbocycles. The van der Waals surface area contributed by atoms with Gasteiger partial charge < -0.3 is 15.4 Å². The van der Waals surface area contributed by atoms with Crippen molar-refractivity contribution in [2.75, 3.05) is 19.6 Å². The van der Waals surface area contributed by atoms with Crippen LogP contribution in [-0.4, -0.2) is 37.1 Å². The van der Waals surface area contributed by atoms with E-state index < -0.39 is 6.61 Å². The Bertz CT molecular complexity index is 424. The fraction of sp³-hybridized carbons (Fsp3) is 0.500. The molecule has 0 aliphatic heterocycles. The Morgan fingerprint density at radius 3 is 2.40 bits per heavy atom. The number of benzene rings is 1. The van der Waals surface area contributed by atoms with Gasteiger partial charge in [-0.1, -0.05) is 6.92 Å². The molecule has 6 heteroatoms. The van der Waals surface area contributed by atoms with Crippen LogP contribution in [0, 0.1) is 5.92 Å². The van der Waals surface area contributed by atoms with Crippen molar-refractivity contribution in [2.24, 2.45) is 11.7 Å². The zero-order chi connectivity index (χ0) is 15.1. The van der Waals surface area contributed by atoms with Gasteiger partial charge in [0.15, 0.2) is 0 Å². The fourth-order valence-electron chi connectivity index (χ4n) is 1.77. The molecule has 20 heavy (non-hydrogen) atoms. The number of hydrogen-bond donors (Lipinski definition) is 1. The quantitative estimate of drug-likeness (QED) is 0.837. The summed E-state index contributed by atoms with van der Waals surface area (Å²) >= 11 is 0. The Labute approximate surface area is 117 Å². The molecule has 112 valence electrons. The highest BCUT2D eigenvalue weighted by Gasteiger charge is 2.16. The molecule has 1 amide bonds. The first-order valence-corrected chi connectivity index (χ1v) is 6.52. The molecule has 0 spiro atoms. The first-order chi connectivity index (χ1) is 9.47. The minimum atomic E-state index is -2.87. The predicted molar refractivity (Wildman–Crippen MR) is 72.9 cm³/mol. The van der Waals surface area contributed by atoms with Crippen LogP contribution in [0.1, 0.15) is 24.2 Å². The Morgan fingerprint density at radius 2 is 1.95 bits per heavy atom. The molecule has 1 aromatic carbocycles. The summed E-state index contributed by atoms with van der Waals surface area (Å²) in [6, 6.07) is 5.69. The van der Waals surface area contributed by atoms with Gasteiger partial charge in [0, 0.05) is 18.7 Å². The minimum Gasteiger partial charge on any atom is -0.435 e. The van der Waals surface area contributed by atoms with Crippen molar-refractivity contribution >= 4 is 5.91 Å². The predicted octanol–water partition coefficient (Wildman–Crippen LogP) is 2.34. The number of rotatable bonds is 7. The number of carbonyl (C=O) groups is 1. The Hall–Kier alpha value is -1.69. The topological polar surface area (TPSA) is 55.6 Å². The second-order valence-electron chi connectivity index (χ2n) is 4.59. The summed E-state index contributed by atoms with van der Waals surface area (Å²) in [6.45, 7) is 2.63. The number of carbonyl (C=O) groups excluding carboxylic acids is 1. The molecule has 0 heterocycles. The lowest BCUT2D eigenvalue weighted by atomic mass is 10.1. The average Bonchev–Trinajstić information content (AvgIpc) is 2.44. The van der Waals surface area contributed by atoms with Crippen molar-refractivity contribution in [3.8, 4) is 5.75 Å². The number of hydrogen-bond acceptors (Lipinski definition) is 3. The number of halogens is 2. The van der Waals surface area contributed by atoms with E-state index in [2.05, 4.69) is 4.74 Å². The molecule has 0 radical (unpaired) electrons. The van der Waals surface area contributed by atoms with Crippen LogP contribution in [0.2, 0.25) is 0 Å². The molecule has 0 aliphatic rings. The van der Waals surface area contributed by atoms with Crippen LogP contribution in [0.4, 0.5) is 8.78 Å². The SMILES string of the molecule is CCN(CC(C)CN)C(=O)c1ccc(OC(F)F)cc1. The minimum absolute atomic E-state index is 0.0370. The molecule has 0 bridgehead atoms. The molecular weight excluding hydrogens is 266 g/mol. The molecule has 4 nitrogen and oxygen atoms in total. The van der Waals surface area contributed by atoms with Crippen LogP contribution >= 0.6 is 0 Å². The summed E-state index contributed by atoms with van der Waals surface area (Å²) in [5.74, 6) is 0.103. The first kappa shape index (κ1) is 16.4. The summed E-state index contributed by atoms with van der Waals surface area (Å²) < 4.78 is 28.3. The smallest absolute Gasteiger partial charge is 0.387 e. The van der Waals surface area contributed by atoms with Gasteiger partial charge in [0.05, 0.1) is 0 Å². The van der Waals surface area contributed by atoms with Gasteiger partial charge in [-0.3, -0.25) is 4.79 Å². The van der Waals surface area contributed by atoms with Crippen molar-refractivity contribution in [1.29, 1.82) is 0 Å². The number of ether oxygens (including phenoxy) is 1. The molecule has 2 N–H and O–H groups in total. The first-order valence-electron chi connectivity index (χ1n) is 6.52. The van der Waals surface area contributed by atoms with E-state index >= 15 is 0 Å². The summed E-state index contributed by atoms with van der Waals surface area (Å²) in [5, 5.41) is 0. The molecule has 1 unspecified atom stereocenters. The van der Waals surface area contributed by atoms with Crippen LogP contribution in [0.15, 0.2) is 24.3 Å². The summed E-state index contributed by atoms with van der Waals surface area (Å²) in [7, 11) is 0. The van der Waals surface area contributed by atoms with Crippen LogP contribution in [0.5, 0.6) is 5.75 Å². The average molecular weight is 286 g/mol. The molecule has 0 saturated carbocycles. The number of alkyl halides is 2. The van der Waals surface area contributed by atoms with Crippen molar-refractivity contribution in [1.82, 2.24) is 4.90 Å². The van der Waals surface area contributed by atoms with E-state index in [4.69, 9.17) is 5.73 Å². The Balaban J connectivity index is 2.74. The Morgan fingerprint density at radius 1 is 1.35 bits per heavy atom. The molecule has 1 aromatic rings. The molecule has 0 aromatic heterocycles. The maximum atomic E-state index is 12.3. The molecule has 1 atom stereocenters. The van der Waals surface area contributed by atoms with E-state index in [1.165, 1.54) is 24.3 Å². The molecule has 0 fully saturated rings. The third-order valence-electron chi connectivity index (χ3n) is 2.93. The van der Waals surface area contributed by atoms with Crippen LogP contribution in [0.25, 0.3) is 0 Å². The zero-order valence-electron chi connectivity index (χ0n) is 11.7. The molecular formula is C14H20F2N2O2. The van der Waals surface area contributed by atoms with Crippen molar-refractivity contribution < 1.29 is 18.3 Å². The van der Waals surface area contributed by atoms with E-state index in [-0.39, 0.29) is 17.6 Å². The molecule has 0 saturated heterocycles. The van der Waals surface area contributed by atoms with Gasteiger partial charge in [0.2, 0.25) is 0 Å². The van der Waals surface area contributed by atoms with E-state index in [0.717, 1.165) is 0 Å². The monoisotopic (exact) mass is 286 g/mol. The lowest BCUT2D eigenvalue weighted by Gasteiger charge is -2.24. The number of nitrogens with two attached hydrogens (primary N) is 1. The second kappa shape index (κ2) is 7.79. The van der Waals surface area contributed by atoms with Crippen molar-refractivity contribution in [3.05, 3.63) is 29.8 Å². The van der Waals surface area contributed by atoms with Gasteiger partial charge in [-0.25, -0.2) is 0 Å². The number of nitrogens with zero attached hydrogens (tertiary/aromatic N) is 1. The zero-order valence-corrected chi connectivity index (χ0v) is 11.7. The summed E-state index contributed by atoms with van der Waals surface area (Å²) in [5.41, 5.74) is 6.00. The highest BCUT2D eigenvalue weighted by molar-refractivity contribution is 5.94. The summed E-state index contributed by atoms with van der Waals surface area (Å²) in [4.78, 5) is 13.9. The third kappa shape index (κ3) is 4.77. The maximum absolute atomic E-state index is 12.3. The third-order valence-corrected chi connectivity index (χ3v) is 2.93. The Kier molecular flexibility index (Phi) is 6.38. The van der Waals surface area contributed by atoms with Crippen LogP contribution < -0.4 is 10.5 Å². The summed E-state index contributed by atoms with van der Waals surface area (Å²) in [6.07, 6.45) is 0. The molecule has 1 rings (SSSR count). The van der Waals surface area contributed by atoms with Crippen LogP contribution in [0.3, 0.4) is 0 Å². The highest BCUT2D eigenvalue weighted by Crippen LogP contribution is 2.16.